The first kappa shape index (κ1) is 46.1. The van der Waals surface area contributed by atoms with Crippen LogP contribution in [0.1, 0.15) is 92.7 Å². The molecule has 0 radical (unpaired) electrons. The SMILES string of the molecule is Cc1c[c-]c(-n2cccn2)cc1-c1ccc(-c2ccccc2)cc1.[Ir+3].[c-]1cc(C2CCCCC2)ccc1-c1ccc(C2CCCCC2)cn1.[c-]1ccccc1-n1cc(-c2ccccc2)cn1. The van der Waals surface area contributed by atoms with Crippen molar-refractivity contribution in [3.8, 4) is 56.0 Å². The van der Waals surface area contributed by atoms with Gasteiger partial charge in [-0.2, -0.15) is 52.2 Å². The van der Waals surface area contributed by atoms with Gasteiger partial charge >= 0.3 is 20.1 Å². The normalized spacial score (nSPS) is 13.9. The van der Waals surface area contributed by atoms with Crippen LogP contribution in [0.3, 0.4) is 0 Å². The van der Waals surface area contributed by atoms with E-state index in [9.17, 15) is 0 Å². The van der Waals surface area contributed by atoms with Crippen LogP contribution in [0.4, 0.5) is 0 Å². The van der Waals surface area contributed by atoms with Crippen LogP contribution >= 0.6 is 0 Å². The molecule has 6 aromatic carbocycles. The second kappa shape index (κ2) is 23.1. The molecule has 3 aromatic heterocycles. The smallest absolute Gasteiger partial charge is 0.304 e. The number of nitrogens with zero attached hydrogens (tertiary/aromatic N) is 5. The van der Waals surface area contributed by atoms with Crippen molar-refractivity contribution in [2.24, 2.45) is 0 Å². The van der Waals surface area contributed by atoms with Gasteiger partial charge in [0.2, 0.25) is 0 Å². The van der Waals surface area contributed by atoms with Crippen molar-refractivity contribution in [1.29, 1.82) is 0 Å². The van der Waals surface area contributed by atoms with Crippen LogP contribution in [0.25, 0.3) is 56.0 Å². The number of aromatic nitrogens is 5. The van der Waals surface area contributed by atoms with Gasteiger partial charge < -0.3 is 4.98 Å². The van der Waals surface area contributed by atoms with Crippen molar-refractivity contribution >= 4 is 0 Å². The Morgan fingerprint density at radius 1 is 0.500 bits per heavy atom. The second-order valence-electron chi connectivity index (χ2n) is 17.3. The van der Waals surface area contributed by atoms with Crippen LogP contribution in [0, 0.1) is 25.1 Å². The summed E-state index contributed by atoms with van der Waals surface area (Å²) in [5.74, 6) is 1.49. The molecule has 66 heavy (non-hydrogen) atoms. The molecular formula is C60H56IrN5. The van der Waals surface area contributed by atoms with Crippen LogP contribution in [-0.2, 0) is 20.1 Å². The summed E-state index contributed by atoms with van der Waals surface area (Å²) in [7, 11) is 0. The van der Waals surface area contributed by atoms with Gasteiger partial charge in [0.25, 0.3) is 0 Å². The molecule has 0 saturated heterocycles. The number of pyridine rings is 1. The monoisotopic (exact) mass is 1040 g/mol. The maximum absolute atomic E-state index is 4.74. The van der Waals surface area contributed by atoms with Gasteiger partial charge in [-0.3, -0.25) is 9.36 Å². The largest absolute Gasteiger partial charge is 3.00 e. The van der Waals surface area contributed by atoms with Gasteiger partial charge in [-0.15, -0.1) is 53.1 Å². The molecule has 11 rings (SSSR count). The third kappa shape index (κ3) is 11.9. The summed E-state index contributed by atoms with van der Waals surface area (Å²) < 4.78 is 3.67. The first-order chi connectivity index (χ1) is 32.1. The van der Waals surface area contributed by atoms with E-state index in [1.165, 1.54) is 109 Å². The molecule has 0 bridgehead atoms. The second-order valence-corrected chi connectivity index (χ2v) is 17.3. The third-order valence-electron chi connectivity index (χ3n) is 12.9. The van der Waals surface area contributed by atoms with E-state index in [0.717, 1.165) is 40.0 Å². The summed E-state index contributed by atoms with van der Waals surface area (Å²) in [6.07, 6.45) is 23.4. The molecule has 0 amide bonds. The number of para-hydroxylation sites is 1. The standard InChI is InChI=1S/C23H28N.C22H17N2.C15H11N2.Ir/c1-3-7-18(8-4-1)20-11-13-21(14-12-20)23-16-15-22(17-24-23)19-9-5-2-6-10-19;1-17-8-13-21(24-15-5-14-23-24)16-22(17)20-11-9-19(10-12-20)18-6-3-2-4-7-18;1-3-7-13(8-4-1)14-11-16-17(12-14)15-9-5-2-6-10-15;/h11-13,15-19H,1-10H2;2-12,14-16H,1H3;1-9,11-12H;/q3*-1;+3. The maximum atomic E-state index is 4.74. The van der Waals surface area contributed by atoms with Crippen molar-refractivity contribution < 1.29 is 20.1 Å². The van der Waals surface area contributed by atoms with Crippen LogP contribution in [0.5, 0.6) is 0 Å². The van der Waals surface area contributed by atoms with E-state index in [1.54, 1.807) is 6.20 Å². The van der Waals surface area contributed by atoms with E-state index >= 15 is 0 Å². The van der Waals surface area contributed by atoms with Crippen molar-refractivity contribution in [3.63, 3.8) is 0 Å². The first-order valence-electron chi connectivity index (χ1n) is 23.4. The molecule has 2 aliphatic carbocycles. The average Bonchev–Trinajstić information content (AvgIpc) is 4.13. The molecule has 330 valence electrons. The van der Waals surface area contributed by atoms with Gasteiger partial charge in [-0.05, 0) is 69.7 Å². The summed E-state index contributed by atoms with van der Waals surface area (Å²) in [5, 5.41) is 8.64. The Bertz CT molecular complexity index is 2680. The fourth-order valence-corrected chi connectivity index (χ4v) is 9.17. The summed E-state index contributed by atoms with van der Waals surface area (Å²) in [6.45, 7) is 2.11. The molecule has 0 spiro atoms. The molecule has 0 atom stereocenters. The predicted molar refractivity (Wildman–Crippen MR) is 266 cm³/mol. The Hall–Kier alpha value is -6.46. The van der Waals surface area contributed by atoms with Crippen molar-refractivity contribution in [2.75, 3.05) is 0 Å². The van der Waals surface area contributed by atoms with Crippen LogP contribution < -0.4 is 0 Å². The zero-order valence-corrected chi connectivity index (χ0v) is 40.1. The summed E-state index contributed by atoms with van der Waals surface area (Å²) >= 11 is 0. The van der Waals surface area contributed by atoms with Crippen LogP contribution in [-0.4, -0.2) is 24.5 Å². The van der Waals surface area contributed by atoms with Crippen molar-refractivity contribution in [3.05, 3.63) is 224 Å². The van der Waals surface area contributed by atoms with E-state index in [0.29, 0.717) is 0 Å². The van der Waals surface area contributed by atoms with Gasteiger partial charge in [0.1, 0.15) is 0 Å². The minimum absolute atomic E-state index is 0. The van der Waals surface area contributed by atoms with Crippen LogP contribution in [0.2, 0.25) is 0 Å². The van der Waals surface area contributed by atoms with Gasteiger partial charge in [0, 0.05) is 30.4 Å². The third-order valence-corrected chi connectivity index (χ3v) is 12.9. The number of rotatable bonds is 8. The predicted octanol–water partition coefficient (Wildman–Crippen LogP) is 15.3. The minimum Gasteiger partial charge on any atom is -0.304 e. The van der Waals surface area contributed by atoms with Gasteiger partial charge in [-0.25, -0.2) is 0 Å². The molecule has 5 nitrogen and oxygen atoms in total. The van der Waals surface area contributed by atoms with E-state index in [2.05, 4.69) is 139 Å². The molecular weight excluding hydrogens is 983 g/mol. The van der Waals surface area contributed by atoms with Crippen molar-refractivity contribution in [2.45, 2.75) is 83.0 Å². The Balaban J connectivity index is 0.000000136. The molecule has 2 fully saturated rings. The fourth-order valence-electron chi connectivity index (χ4n) is 9.17. The number of aryl methyl sites for hydroxylation is 1. The molecule has 2 saturated carbocycles. The quantitative estimate of drug-likeness (QED) is 0.143. The molecule has 6 heteroatoms. The fraction of sp³-hybridized carbons (Fsp3) is 0.217. The minimum atomic E-state index is 0. The summed E-state index contributed by atoms with van der Waals surface area (Å²) in [6, 6.07) is 64.4. The average molecular weight is 1040 g/mol. The Morgan fingerprint density at radius 2 is 1.14 bits per heavy atom. The number of hydrogen-bond acceptors (Lipinski definition) is 3. The summed E-state index contributed by atoms with van der Waals surface area (Å²) in [4.78, 5) is 4.74. The molecule has 0 aliphatic heterocycles. The number of hydrogen-bond donors (Lipinski definition) is 0. The van der Waals surface area contributed by atoms with E-state index in [4.69, 9.17) is 4.98 Å². The Morgan fingerprint density at radius 3 is 1.74 bits per heavy atom. The molecule has 9 aromatic rings. The molecule has 3 heterocycles. The van der Waals surface area contributed by atoms with Crippen LogP contribution in [0.15, 0.2) is 189 Å². The number of benzene rings is 6. The summed E-state index contributed by atoms with van der Waals surface area (Å²) in [5.41, 5.74) is 15.4. The van der Waals surface area contributed by atoms with E-state index in [1.807, 2.05) is 88.6 Å². The zero-order valence-electron chi connectivity index (χ0n) is 37.7. The maximum Gasteiger partial charge on any atom is 3.00 e. The van der Waals surface area contributed by atoms with Gasteiger partial charge in [-0.1, -0.05) is 161 Å². The van der Waals surface area contributed by atoms with E-state index in [-0.39, 0.29) is 20.1 Å². The molecule has 2 aliphatic rings. The zero-order chi connectivity index (χ0) is 44.0. The molecule has 0 unspecified atom stereocenters. The Kier molecular flexibility index (Phi) is 16.1. The molecule has 0 N–H and O–H groups in total. The first-order valence-corrected chi connectivity index (χ1v) is 23.4. The topological polar surface area (TPSA) is 48.5 Å². The van der Waals surface area contributed by atoms with Gasteiger partial charge in [0.15, 0.2) is 0 Å². The van der Waals surface area contributed by atoms with Crippen molar-refractivity contribution in [1.82, 2.24) is 24.5 Å². The van der Waals surface area contributed by atoms with Gasteiger partial charge in [0.05, 0.1) is 6.20 Å². The Labute approximate surface area is 405 Å². The van der Waals surface area contributed by atoms with E-state index < -0.39 is 0 Å².